The summed E-state index contributed by atoms with van der Waals surface area (Å²) in [7, 11) is 1.39. The molecule has 0 unspecified atom stereocenters. The quantitative estimate of drug-likeness (QED) is 0.831. The number of esters is 1. The highest BCUT2D eigenvalue weighted by atomic mass is 16.5. The first-order valence-electron chi connectivity index (χ1n) is 7.42. The molecule has 2 atom stereocenters. The van der Waals surface area contributed by atoms with Crippen molar-refractivity contribution in [2.45, 2.75) is 31.4 Å². The van der Waals surface area contributed by atoms with E-state index < -0.39 is 6.10 Å². The molecule has 0 bridgehead atoms. The van der Waals surface area contributed by atoms with Crippen molar-refractivity contribution in [3.8, 4) is 5.75 Å². The number of ether oxygens (including phenoxy) is 2. The zero-order valence-electron chi connectivity index (χ0n) is 12.2. The second kappa shape index (κ2) is 6.03. The molecule has 21 heavy (non-hydrogen) atoms. The number of hydrogen-bond donors (Lipinski definition) is 1. The van der Waals surface area contributed by atoms with Gasteiger partial charge in [-0.05, 0) is 23.6 Å². The maximum atomic E-state index is 11.7. The molecular formula is C16H21NO4. The summed E-state index contributed by atoms with van der Waals surface area (Å²) < 4.78 is 10.3. The molecule has 1 fully saturated rings. The van der Waals surface area contributed by atoms with Crippen LogP contribution in [0, 0.1) is 0 Å². The third kappa shape index (κ3) is 3.04. The molecular weight excluding hydrogens is 270 g/mol. The van der Waals surface area contributed by atoms with Crippen LogP contribution >= 0.6 is 0 Å². The van der Waals surface area contributed by atoms with Gasteiger partial charge in [0.25, 0.3) is 0 Å². The Morgan fingerprint density at radius 2 is 2.38 bits per heavy atom. The molecule has 0 saturated carbocycles. The fraction of sp³-hybridized carbons (Fsp3) is 0.562. The lowest BCUT2D eigenvalue weighted by Crippen LogP contribution is -2.38. The molecule has 0 radical (unpaired) electrons. The van der Waals surface area contributed by atoms with Crippen molar-refractivity contribution in [1.29, 1.82) is 0 Å². The van der Waals surface area contributed by atoms with E-state index in [-0.39, 0.29) is 12.0 Å². The van der Waals surface area contributed by atoms with Gasteiger partial charge in [-0.2, -0.15) is 0 Å². The Morgan fingerprint density at radius 3 is 3.19 bits per heavy atom. The second-order valence-electron chi connectivity index (χ2n) is 5.71. The second-order valence-corrected chi connectivity index (χ2v) is 5.71. The summed E-state index contributed by atoms with van der Waals surface area (Å²) in [4.78, 5) is 13.8. The minimum absolute atomic E-state index is 0.256. The molecule has 114 valence electrons. The highest BCUT2D eigenvalue weighted by Crippen LogP contribution is 2.26. The smallest absolute Gasteiger partial charge is 0.323 e. The van der Waals surface area contributed by atoms with Gasteiger partial charge in [0.1, 0.15) is 11.8 Å². The normalized spacial score (nSPS) is 24.7. The number of methoxy groups -OCH3 is 1. The Hall–Kier alpha value is -1.59. The minimum atomic E-state index is -0.442. The molecule has 5 heteroatoms. The first-order valence-corrected chi connectivity index (χ1v) is 7.42. The van der Waals surface area contributed by atoms with E-state index in [9.17, 15) is 9.90 Å². The topological polar surface area (TPSA) is 59.0 Å². The first kappa shape index (κ1) is 14.4. The number of nitrogens with zero attached hydrogens (tertiary/aromatic N) is 1. The van der Waals surface area contributed by atoms with Crippen LogP contribution in [0.4, 0.5) is 0 Å². The molecule has 2 aliphatic heterocycles. The van der Waals surface area contributed by atoms with Gasteiger partial charge in [0.15, 0.2) is 0 Å². The summed E-state index contributed by atoms with van der Waals surface area (Å²) >= 11 is 0. The molecule has 0 amide bonds. The Morgan fingerprint density at radius 1 is 1.52 bits per heavy atom. The number of benzene rings is 1. The van der Waals surface area contributed by atoms with Gasteiger partial charge in [-0.15, -0.1) is 0 Å². The molecule has 1 aromatic carbocycles. The molecule has 3 rings (SSSR count). The third-order valence-corrected chi connectivity index (χ3v) is 4.30. The number of β-amino-alcohol motifs (C(OH)–C–C–N with tert-alkyl or cyclic N) is 1. The standard InChI is InChI=1S/C16H21NO4/c1-20-16(19)14-9-13(18)10-17(14)6-4-11-2-3-15-12(8-11)5-7-21-15/h2-3,8,13-14,18H,4-7,9-10H2,1H3/t13-,14+/m0/s1. The van der Waals surface area contributed by atoms with Gasteiger partial charge in [-0.25, -0.2) is 0 Å². The molecule has 0 spiro atoms. The van der Waals surface area contributed by atoms with Crippen LogP contribution in [0.1, 0.15) is 17.5 Å². The van der Waals surface area contributed by atoms with E-state index in [2.05, 4.69) is 12.1 Å². The van der Waals surface area contributed by atoms with Crippen molar-refractivity contribution in [3.63, 3.8) is 0 Å². The van der Waals surface area contributed by atoms with Gasteiger partial charge >= 0.3 is 5.97 Å². The predicted molar refractivity (Wildman–Crippen MR) is 77.3 cm³/mol. The summed E-state index contributed by atoms with van der Waals surface area (Å²) in [6.45, 7) is 2.05. The van der Waals surface area contributed by atoms with Crippen LogP contribution in [0.3, 0.4) is 0 Å². The summed E-state index contributed by atoms with van der Waals surface area (Å²) in [5, 5.41) is 9.77. The van der Waals surface area contributed by atoms with Crippen LogP contribution in [0.25, 0.3) is 0 Å². The number of aliphatic hydroxyl groups is 1. The number of rotatable bonds is 4. The zero-order valence-corrected chi connectivity index (χ0v) is 12.2. The fourth-order valence-corrected chi connectivity index (χ4v) is 3.18. The summed E-state index contributed by atoms with van der Waals surface area (Å²) in [6.07, 6.45) is 1.84. The summed E-state index contributed by atoms with van der Waals surface area (Å²) in [6, 6.07) is 5.96. The molecule has 0 aliphatic carbocycles. The monoisotopic (exact) mass is 291 g/mol. The number of aliphatic hydroxyl groups excluding tert-OH is 1. The highest BCUT2D eigenvalue weighted by Gasteiger charge is 2.36. The average Bonchev–Trinajstić information content (AvgIpc) is 3.09. The highest BCUT2D eigenvalue weighted by molar-refractivity contribution is 5.76. The van der Waals surface area contributed by atoms with Crippen molar-refractivity contribution in [2.24, 2.45) is 0 Å². The fourth-order valence-electron chi connectivity index (χ4n) is 3.18. The molecule has 1 N–H and O–H groups in total. The largest absolute Gasteiger partial charge is 0.493 e. The number of carbonyl (C=O) groups excluding carboxylic acids is 1. The molecule has 2 heterocycles. The van der Waals surface area contributed by atoms with Crippen LogP contribution < -0.4 is 4.74 Å². The zero-order chi connectivity index (χ0) is 14.8. The molecule has 0 aromatic heterocycles. The number of likely N-dealkylation sites (tertiary alicyclic amines) is 1. The van der Waals surface area contributed by atoms with E-state index in [1.807, 2.05) is 11.0 Å². The molecule has 1 saturated heterocycles. The van der Waals surface area contributed by atoms with E-state index in [0.29, 0.717) is 13.0 Å². The molecule has 5 nitrogen and oxygen atoms in total. The number of hydrogen-bond acceptors (Lipinski definition) is 5. The van der Waals surface area contributed by atoms with Gasteiger partial charge in [0, 0.05) is 25.9 Å². The third-order valence-electron chi connectivity index (χ3n) is 4.30. The Bertz CT molecular complexity index is 531. The van der Waals surface area contributed by atoms with Crippen molar-refractivity contribution in [2.75, 3.05) is 26.8 Å². The van der Waals surface area contributed by atoms with E-state index >= 15 is 0 Å². The Kier molecular flexibility index (Phi) is 4.12. The van der Waals surface area contributed by atoms with Crippen LogP contribution in [0.15, 0.2) is 18.2 Å². The SMILES string of the molecule is COC(=O)[C@H]1C[C@H](O)CN1CCc1ccc2c(c1)CCO2. The van der Waals surface area contributed by atoms with Crippen LogP contribution in [0.5, 0.6) is 5.75 Å². The van der Waals surface area contributed by atoms with Crippen molar-refractivity contribution < 1.29 is 19.4 Å². The summed E-state index contributed by atoms with van der Waals surface area (Å²) in [5.74, 6) is 0.733. The van der Waals surface area contributed by atoms with Crippen molar-refractivity contribution in [3.05, 3.63) is 29.3 Å². The summed E-state index contributed by atoms with van der Waals surface area (Å²) in [5.41, 5.74) is 2.50. The lowest BCUT2D eigenvalue weighted by molar-refractivity contribution is -0.145. The average molecular weight is 291 g/mol. The number of carbonyl (C=O) groups is 1. The predicted octanol–water partition coefficient (Wildman–Crippen LogP) is 0.772. The Labute approximate surface area is 124 Å². The van der Waals surface area contributed by atoms with Gasteiger partial charge in [-0.1, -0.05) is 12.1 Å². The van der Waals surface area contributed by atoms with Crippen molar-refractivity contribution >= 4 is 5.97 Å². The lowest BCUT2D eigenvalue weighted by Gasteiger charge is -2.21. The van der Waals surface area contributed by atoms with Gasteiger partial charge in [0.2, 0.25) is 0 Å². The van der Waals surface area contributed by atoms with E-state index in [1.54, 1.807) is 0 Å². The maximum Gasteiger partial charge on any atom is 0.323 e. The van der Waals surface area contributed by atoms with Crippen molar-refractivity contribution in [1.82, 2.24) is 4.90 Å². The number of fused-ring (bicyclic) bond motifs is 1. The van der Waals surface area contributed by atoms with Gasteiger partial charge in [0.05, 0.1) is 19.8 Å². The maximum absolute atomic E-state index is 11.7. The van der Waals surface area contributed by atoms with Gasteiger partial charge in [-0.3, -0.25) is 9.69 Å². The molecule has 2 aliphatic rings. The minimum Gasteiger partial charge on any atom is -0.493 e. The lowest BCUT2D eigenvalue weighted by atomic mass is 10.1. The van der Waals surface area contributed by atoms with E-state index in [1.165, 1.54) is 18.2 Å². The van der Waals surface area contributed by atoms with E-state index in [0.717, 1.165) is 31.7 Å². The van der Waals surface area contributed by atoms with Crippen LogP contribution in [-0.2, 0) is 22.4 Å². The Balaban J connectivity index is 1.62. The van der Waals surface area contributed by atoms with Crippen LogP contribution in [0.2, 0.25) is 0 Å². The first-order chi connectivity index (χ1) is 10.2. The molecule has 1 aromatic rings. The van der Waals surface area contributed by atoms with Gasteiger partial charge < -0.3 is 14.6 Å². The van der Waals surface area contributed by atoms with E-state index in [4.69, 9.17) is 9.47 Å². The van der Waals surface area contributed by atoms with Crippen LogP contribution in [-0.4, -0.2) is 54.9 Å².